The highest BCUT2D eigenvalue weighted by Crippen LogP contribution is 2.31. The van der Waals surface area contributed by atoms with Crippen molar-refractivity contribution in [2.45, 2.75) is 19.0 Å². The Morgan fingerprint density at radius 3 is 2.54 bits per heavy atom. The summed E-state index contributed by atoms with van der Waals surface area (Å²) in [5.74, 6) is 0.273. The van der Waals surface area contributed by atoms with Gasteiger partial charge in [0.05, 0.1) is 15.8 Å². The Morgan fingerprint density at radius 2 is 1.89 bits per heavy atom. The minimum atomic E-state index is -4.39. The Bertz CT molecular complexity index is 946. The Balaban J connectivity index is 1.35. The molecule has 28 heavy (non-hydrogen) atoms. The number of hydrogen-bond acceptors (Lipinski definition) is 5. The number of carbonyl (C=O) groups is 1. The van der Waals surface area contributed by atoms with Crippen molar-refractivity contribution >= 4 is 38.4 Å². The van der Waals surface area contributed by atoms with Gasteiger partial charge in [-0.25, -0.2) is 9.97 Å². The molecule has 0 unspecified atom stereocenters. The number of rotatable bonds is 3. The first-order valence-corrected chi connectivity index (χ1v) is 9.66. The molecular weight excluding hydrogens is 389 g/mol. The molecule has 1 saturated heterocycles. The Hall–Kier alpha value is -2.68. The summed E-state index contributed by atoms with van der Waals surface area (Å²) in [5.41, 5.74) is 0.0901. The Morgan fingerprint density at radius 1 is 1.14 bits per heavy atom. The van der Waals surface area contributed by atoms with Gasteiger partial charge in [0.1, 0.15) is 5.82 Å². The number of anilines is 2. The van der Waals surface area contributed by atoms with E-state index in [1.54, 1.807) is 0 Å². The van der Waals surface area contributed by atoms with Crippen LogP contribution in [-0.4, -0.2) is 29.0 Å². The zero-order valence-electron chi connectivity index (χ0n) is 14.7. The number of nitrogens with zero attached hydrogens (tertiary/aromatic N) is 3. The number of alkyl halides is 3. The van der Waals surface area contributed by atoms with E-state index < -0.39 is 11.7 Å². The number of aromatic nitrogens is 2. The van der Waals surface area contributed by atoms with Crippen LogP contribution in [0.25, 0.3) is 10.2 Å². The highest BCUT2D eigenvalue weighted by Gasteiger charge is 2.31. The minimum absolute atomic E-state index is 0.0703. The zero-order chi connectivity index (χ0) is 19.7. The zero-order valence-corrected chi connectivity index (χ0v) is 15.6. The van der Waals surface area contributed by atoms with Crippen molar-refractivity contribution in [3.63, 3.8) is 0 Å². The lowest BCUT2D eigenvalue weighted by molar-refractivity contribution is -0.137. The number of pyridine rings is 1. The molecular formula is C19H17F3N4OS. The van der Waals surface area contributed by atoms with Gasteiger partial charge in [0.25, 0.3) is 0 Å². The summed E-state index contributed by atoms with van der Waals surface area (Å²) in [6.07, 6.45) is -2.32. The number of fused-ring (bicyclic) bond motifs is 1. The van der Waals surface area contributed by atoms with Crippen LogP contribution in [0, 0.1) is 5.92 Å². The van der Waals surface area contributed by atoms with Crippen LogP contribution in [0.3, 0.4) is 0 Å². The van der Waals surface area contributed by atoms with Gasteiger partial charge in [0.15, 0.2) is 5.13 Å². The number of piperidine rings is 1. The lowest BCUT2D eigenvalue weighted by Gasteiger charge is -2.32. The van der Waals surface area contributed by atoms with E-state index in [4.69, 9.17) is 0 Å². The number of nitrogens with one attached hydrogen (secondary N) is 1. The summed E-state index contributed by atoms with van der Waals surface area (Å²) in [6.45, 7) is 1.13. The van der Waals surface area contributed by atoms with Crippen LogP contribution < -0.4 is 10.2 Å². The number of para-hydroxylation sites is 1. The number of halogens is 3. The average molecular weight is 406 g/mol. The number of hydrogen-bond donors (Lipinski definition) is 1. The number of amides is 1. The molecule has 0 aliphatic carbocycles. The molecule has 1 aromatic carbocycles. The molecule has 0 radical (unpaired) electrons. The number of carbonyl (C=O) groups excluding carboxylic acids is 1. The molecule has 1 aliphatic heterocycles. The van der Waals surface area contributed by atoms with Crippen molar-refractivity contribution in [2.75, 3.05) is 23.3 Å². The fourth-order valence-electron chi connectivity index (χ4n) is 3.24. The van der Waals surface area contributed by atoms with E-state index in [1.807, 2.05) is 29.2 Å². The first-order valence-electron chi connectivity index (χ1n) is 8.85. The highest BCUT2D eigenvalue weighted by molar-refractivity contribution is 7.22. The van der Waals surface area contributed by atoms with Gasteiger partial charge in [-0.2, -0.15) is 13.2 Å². The molecule has 9 heteroatoms. The minimum Gasteiger partial charge on any atom is -0.357 e. The third-order valence-electron chi connectivity index (χ3n) is 4.79. The molecule has 0 bridgehead atoms. The van der Waals surface area contributed by atoms with Crippen LogP contribution in [0.1, 0.15) is 18.4 Å². The number of benzene rings is 1. The fraction of sp³-hybridized carbons (Fsp3) is 0.316. The summed E-state index contributed by atoms with van der Waals surface area (Å²) in [4.78, 5) is 22.8. The molecule has 0 saturated carbocycles. The molecule has 1 N–H and O–H groups in total. The standard InChI is InChI=1S/C19H17F3N4OS/c20-19(21,22)13-5-6-16(23-11-13)26-9-7-12(8-10-26)17(27)25-18-24-14-3-1-2-4-15(14)28-18/h1-6,11-12H,7-10H2,(H,24,25,27). The molecule has 3 heterocycles. The first kappa shape index (κ1) is 18.7. The van der Waals surface area contributed by atoms with E-state index in [0.717, 1.165) is 22.5 Å². The second-order valence-corrected chi connectivity index (χ2v) is 7.67. The fourth-order valence-corrected chi connectivity index (χ4v) is 4.11. The van der Waals surface area contributed by atoms with Gasteiger partial charge in [-0.15, -0.1) is 0 Å². The predicted octanol–water partition coefficient (Wildman–Crippen LogP) is 4.57. The lowest BCUT2D eigenvalue weighted by atomic mass is 9.96. The lowest BCUT2D eigenvalue weighted by Crippen LogP contribution is -2.38. The van der Waals surface area contributed by atoms with Gasteiger partial charge >= 0.3 is 6.18 Å². The molecule has 1 amide bonds. The SMILES string of the molecule is O=C(Nc1nc2ccccc2s1)C1CCN(c2ccc(C(F)(F)F)cn2)CC1. The van der Waals surface area contributed by atoms with Gasteiger partial charge < -0.3 is 10.2 Å². The van der Waals surface area contributed by atoms with Crippen molar-refractivity contribution in [3.05, 3.63) is 48.2 Å². The van der Waals surface area contributed by atoms with Crippen LogP contribution in [0.2, 0.25) is 0 Å². The Labute approximate surface area is 163 Å². The van der Waals surface area contributed by atoms with Gasteiger partial charge in [-0.3, -0.25) is 4.79 Å². The summed E-state index contributed by atoms with van der Waals surface area (Å²) in [6, 6.07) is 10.1. The van der Waals surface area contributed by atoms with Gasteiger partial charge in [0, 0.05) is 25.2 Å². The van der Waals surface area contributed by atoms with Crippen molar-refractivity contribution in [2.24, 2.45) is 5.92 Å². The topological polar surface area (TPSA) is 58.1 Å². The predicted molar refractivity (Wildman–Crippen MR) is 102 cm³/mol. The van der Waals surface area contributed by atoms with Crippen LogP contribution in [-0.2, 0) is 11.0 Å². The molecule has 146 valence electrons. The maximum Gasteiger partial charge on any atom is 0.417 e. The van der Waals surface area contributed by atoms with Crippen molar-refractivity contribution in [3.8, 4) is 0 Å². The Kier molecular flexibility index (Phi) is 4.92. The van der Waals surface area contributed by atoms with Crippen LogP contribution in [0.5, 0.6) is 0 Å². The smallest absolute Gasteiger partial charge is 0.357 e. The van der Waals surface area contributed by atoms with E-state index >= 15 is 0 Å². The van der Waals surface area contributed by atoms with Crippen LogP contribution in [0.15, 0.2) is 42.6 Å². The van der Waals surface area contributed by atoms with E-state index in [9.17, 15) is 18.0 Å². The maximum absolute atomic E-state index is 12.6. The van der Waals surface area contributed by atoms with Crippen LogP contribution >= 0.6 is 11.3 Å². The third kappa shape index (κ3) is 3.94. The molecule has 3 aromatic rings. The number of thiazole rings is 1. The van der Waals surface area contributed by atoms with Gasteiger partial charge in [-0.05, 0) is 37.1 Å². The normalized spacial score (nSPS) is 15.8. The molecule has 5 nitrogen and oxygen atoms in total. The summed E-state index contributed by atoms with van der Waals surface area (Å²) < 4.78 is 39.0. The van der Waals surface area contributed by atoms with Gasteiger partial charge in [-0.1, -0.05) is 23.5 Å². The van der Waals surface area contributed by atoms with Crippen LogP contribution in [0.4, 0.5) is 24.1 Å². The van der Waals surface area contributed by atoms with Crippen molar-refractivity contribution in [1.82, 2.24) is 9.97 Å². The van der Waals surface area contributed by atoms with Crippen molar-refractivity contribution in [1.29, 1.82) is 0 Å². The highest BCUT2D eigenvalue weighted by atomic mass is 32.1. The molecule has 1 aliphatic rings. The third-order valence-corrected chi connectivity index (χ3v) is 5.74. The maximum atomic E-state index is 12.6. The first-order chi connectivity index (χ1) is 13.4. The molecule has 2 aromatic heterocycles. The quantitative estimate of drug-likeness (QED) is 0.693. The van der Waals surface area contributed by atoms with E-state index in [0.29, 0.717) is 36.9 Å². The molecule has 0 spiro atoms. The van der Waals surface area contributed by atoms with E-state index in [1.165, 1.54) is 17.4 Å². The summed E-state index contributed by atoms with van der Waals surface area (Å²) in [7, 11) is 0. The largest absolute Gasteiger partial charge is 0.417 e. The molecule has 1 fully saturated rings. The monoisotopic (exact) mass is 406 g/mol. The summed E-state index contributed by atoms with van der Waals surface area (Å²) >= 11 is 1.43. The van der Waals surface area contributed by atoms with Crippen molar-refractivity contribution < 1.29 is 18.0 Å². The second kappa shape index (κ2) is 7.38. The summed E-state index contributed by atoms with van der Waals surface area (Å²) in [5, 5.41) is 3.47. The molecule has 0 atom stereocenters. The van der Waals surface area contributed by atoms with E-state index in [-0.39, 0.29) is 11.8 Å². The second-order valence-electron chi connectivity index (χ2n) is 6.64. The van der Waals surface area contributed by atoms with E-state index in [2.05, 4.69) is 15.3 Å². The van der Waals surface area contributed by atoms with Gasteiger partial charge in [0.2, 0.25) is 5.91 Å². The molecule has 4 rings (SSSR count). The average Bonchev–Trinajstić information content (AvgIpc) is 3.10.